The van der Waals surface area contributed by atoms with Crippen LogP contribution in [0.25, 0.3) is 11.0 Å². The molecule has 7 nitrogen and oxygen atoms in total. The van der Waals surface area contributed by atoms with Gasteiger partial charge in [-0.1, -0.05) is 19.6 Å². The summed E-state index contributed by atoms with van der Waals surface area (Å²) in [6, 6.07) is 1.07. The van der Waals surface area contributed by atoms with E-state index < -0.39 is 14.0 Å². The second-order valence-electron chi connectivity index (χ2n) is 5.77. The first-order valence-corrected chi connectivity index (χ1v) is 10.1. The molecule has 0 radical (unpaired) electrons. The maximum Gasteiger partial charge on any atom is 0.374 e. The van der Waals surface area contributed by atoms with Gasteiger partial charge in [0.15, 0.2) is 5.65 Å². The average Bonchev–Trinajstić information content (AvgIpc) is 2.76. The van der Waals surface area contributed by atoms with Crippen molar-refractivity contribution in [3.05, 3.63) is 18.2 Å². The topological polar surface area (TPSA) is 90.1 Å². The molecule has 0 bridgehead atoms. The van der Waals surface area contributed by atoms with E-state index in [1.807, 2.05) is 0 Å². The summed E-state index contributed by atoms with van der Waals surface area (Å²) in [6.07, 6.45) is 3.06. The molecule has 0 saturated heterocycles. The maximum absolute atomic E-state index is 10.9. The van der Waals surface area contributed by atoms with Crippen molar-refractivity contribution in [2.24, 2.45) is 0 Å². The van der Waals surface area contributed by atoms with Crippen LogP contribution < -0.4 is 0 Å². The number of aromatic nitrogens is 4. The van der Waals surface area contributed by atoms with Crippen LogP contribution in [-0.4, -0.2) is 45.5 Å². The van der Waals surface area contributed by atoms with E-state index in [4.69, 9.17) is 9.84 Å². The molecule has 0 spiro atoms. The number of nitrogens with zero attached hydrogens (tertiary/aromatic N) is 4. The molecule has 2 heterocycles. The predicted molar refractivity (Wildman–Crippen MR) is 76.4 cm³/mol. The lowest BCUT2D eigenvalue weighted by Gasteiger charge is -2.15. The van der Waals surface area contributed by atoms with Crippen LogP contribution in [0.5, 0.6) is 0 Å². The lowest BCUT2D eigenvalue weighted by atomic mass is 10.4. The Hall–Kier alpha value is -1.80. The second-order valence-corrected chi connectivity index (χ2v) is 11.4. The summed E-state index contributed by atoms with van der Waals surface area (Å²) in [5, 5.41) is 13.7. The first-order valence-electron chi connectivity index (χ1n) is 6.36. The summed E-state index contributed by atoms with van der Waals surface area (Å²) in [5.74, 6) is -1.39. The van der Waals surface area contributed by atoms with Crippen LogP contribution >= 0.6 is 0 Å². The van der Waals surface area contributed by atoms with Crippen molar-refractivity contribution in [1.82, 2.24) is 19.7 Å². The highest BCUT2D eigenvalue weighted by molar-refractivity contribution is 6.76. The van der Waals surface area contributed by atoms with E-state index in [2.05, 4.69) is 34.7 Å². The highest BCUT2D eigenvalue weighted by Gasteiger charge is 2.13. The third-order valence-corrected chi connectivity index (χ3v) is 4.48. The van der Waals surface area contributed by atoms with Crippen LogP contribution in [0.4, 0.5) is 0 Å². The van der Waals surface area contributed by atoms with Crippen molar-refractivity contribution in [3.8, 4) is 0 Å². The van der Waals surface area contributed by atoms with Gasteiger partial charge in [0.05, 0.1) is 11.6 Å². The smallest absolute Gasteiger partial charge is 0.374 e. The summed E-state index contributed by atoms with van der Waals surface area (Å²) >= 11 is 0. The number of hydrogen-bond acceptors (Lipinski definition) is 5. The number of rotatable bonds is 6. The van der Waals surface area contributed by atoms with Gasteiger partial charge in [0.2, 0.25) is 5.82 Å². The Morgan fingerprint density at radius 1 is 1.40 bits per heavy atom. The molecule has 0 aliphatic heterocycles. The van der Waals surface area contributed by atoms with E-state index in [1.165, 1.54) is 6.20 Å². The van der Waals surface area contributed by atoms with Crippen LogP contribution in [0, 0.1) is 0 Å². The second kappa shape index (κ2) is 5.67. The quantitative estimate of drug-likeness (QED) is 0.646. The summed E-state index contributed by atoms with van der Waals surface area (Å²) in [6.45, 7) is 7.79. The van der Waals surface area contributed by atoms with Crippen molar-refractivity contribution in [3.63, 3.8) is 0 Å². The molecule has 2 aromatic heterocycles. The Morgan fingerprint density at radius 3 is 2.80 bits per heavy atom. The van der Waals surface area contributed by atoms with E-state index in [0.29, 0.717) is 17.6 Å². The van der Waals surface area contributed by atoms with Gasteiger partial charge in [-0.3, -0.25) is 0 Å². The van der Waals surface area contributed by atoms with E-state index in [1.54, 1.807) is 10.9 Å². The lowest BCUT2D eigenvalue weighted by molar-refractivity contribution is 0.0682. The molecule has 20 heavy (non-hydrogen) atoms. The molecule has 0 amide bonds. The molecule has 0 aliphatic rings. The summed E-state index contributed by atoms with van der Waals surface area (Å²) in [7, 11) is -1.11. The monoisotopic (exact) mass is 294 g/mol. The van der Waals surface area contributed by atoms with Crippen LogP contribution in [0.3, 0.4) is 0 Å². The summed E-state index contributed by atoms with van der Waals surface area (Å²) in [5.41, 5.74) is 0.477. The Morgan fingerprint density at radius 2 is 2.15 bits per heavy atom. The molecule has 2 aromatic rings. The standard InChI is InChI=1S/C12H18N4O3Si/c1-20(2,3)5-4-19-8-16-11-9(7-14-16)6-13-10(15-11)12(17)18/h6-7H,4-5,8H2,1-3H3,(H,17,18). The molecule has 8 heteroatoms. The number of carboxylic acid groups (broad SMARTS) is 1. The van der Waals surface area contributed by atoms with Gasteiger partial charge in [0.25, 0.3) is 0 Å². The summed E-state index contributed by atoms with van der Waals surface area (Å²) in [4.78, 5) is 18.6. The van der Waals surface area contributed by atoms with Gasteiger partial charge in [-0.25, -0.2) is 19.4 Å². The molecule has 2 rings (SSSR count). The van der Waals surface area contributed by atoms with Gasteiger partial charge >= 0.3 is 5.97 Å². The normalized spacial score (nSPS) is 11.9. The zero-order valence-corrected chi connectivity index (χ0v) is 12.8. The number of ether oxygens (including phenoxy) is 1. The van der Waals surface area contributed by atoms with Crippen molar-refractivity contribution in [2.45, 2.75) is 32.4 Å². The lowest BCUT2D eigenvalue weighted by Crippen LogP contribution is -2.22. The zero-order valence-electron chi connectivity index (χ0n) is 11.8. The highest BCUT2D eigenvalue weighted by atomic mass is 28.3. The first-order chi connectivity index (χ1) is 9.37. The van der Waals surface area contributed by atoms with Crippen LogP contribution in [-0.2, 0) is 11.5 Å². The predicted octanol–water partition coefficient (Wildman–Crippen LogP) is 1.84. The van der Waals surface area contributed by atoms with Crippen molar-refractivity contribution in [1.29, 1.82) is 0 Å². The van der Waals surface area contributed by atoms with Crippen LogP contribution in [0.2, 0.25) is 25.7 Å². The molecule has 0 aliphatic carbocycles. The average molecular weight is 294 g/mol. The SMILES string of the molecule is C[Si](C)(C)CCOCn1ncc2cnc(C(=O)O)nc21. The fourth-order valence-corrected chi connectivity index (χ4v) is 2.35. The van der Waals surface area contributed by atoms with Crippen molar-refractivity contribution < 1.29 is 14.6 Å². The summed E-state index contributed by atoms with van der Waals surface area (Å²) < 4.78 is 7.14. The molecule has 1 N–H and O–H groups in total. The zero-order chi connectivity index (χ0) is 14.8. The van der Waals surface area contributed by atoms with E-state index in [0.717, 1.165) is 6.04 Å². The van der Waals surface area contributed by atoms with Gasteiger partial charge in [0.1, 0.15) is 6.73 Å². The van der Waals surface area contributed by atoms with Gasteiger partial charge < -0.3 is 9.84 Å². The molecule has 0 atom stereocenters. The van der Waals surface area contributed by atoms with Crippen molar-refractivity contribution in [2.75, 3.05) is 6.61 Å². The van der Waals surface area contributed by atoms with Crippen molar-refractivity contribution >= 4 is 25.1 Å². The molecule has 0 unspecified atom stereocenters. The Labute approximate surface area is 117 Å². The maximum atomic E-state index is 10.9. The highest BCUT2D eigenvalue weighted by Crippen LogP contribution is 2.11. The first kappa shape index (κ1) is 14.6. The molecule has 0 fully saturated rings. The Kier molecular flexibility index (Phi) is 4.14. The number of carbonyl (C=O) groups is 1. The van der Waals surface area contributed by atoms with E-state index in [-0.39, 0.29) is 12.6 Å². The minimum Gasteiger partial charge on any atom is -0.475 e. The van der Waals surface area contributed by atoms with E-state index >= 15 is 0 Å². The third kappa shape index (κ3) is 3.61. The third-order valence-electron chi connectivity index (χ3n) is 2.78. The van der Waals surface area contributed by atoms with Gasteiger partial charge in [-0.2, -0.15) is 5.10 Å². The fraction of sp³-hybridized carbons (Fsp3) is 0.500. The molecular formula is C12H18N4O3Si. The Bertz CT molecular complexity index is 621. The minimum absolute atomic E-state index is 0.235. The van der Waals surface area contributed by atoms with Gasteiger partial charge in [-0.05, 0) is 6.04 Å². The molecule has 0 saturated carbocycles. The Balaban J connectivity index is 2.06. The number of aromatic carboxylic acids is 1. The number of carboxylic acids is 1. The minimum atomic E-state index is -1.15. The molecule has 0 aromatic carbocycles. The van der Waals surface area contributed by atoms with E-state index in [9.17, 15) is 4.79 Å². The largest absolute Gasteiger partial charge is 0.475 e. The van der Waals surface area contributed by atoms with Gasteiger partial charge in [-0.15, -0.1) is 0 Å². The number of fused-ring (bicyclic) bond motifs is 1. The molecule has 108 valence electrons. The fourth-order valence-electron chi connectivity index (χ4n) is 1.59. The van der Waals surface area contributed by atoms with Gasteiger partial charge in [0, 0.05) is 20.9 Å². The van der Waals surface area contributed by atoms with Crippen LogP contribution in [0.1, 0.15) is 10.6 Å². The molecular weight excluding hydrogens is 276 g/mol. The number of hydrogen-bond donors (Lipinski definition) is 1. The van der Waals surface area contributed by atoms with Crippen LogP contribution in [0.15, 0.2) is 12.4 Å².